The Labute approximate surface area is 168 Å². The number of carboxylic acid groups (broad SMARTS) is 1. The summed E-state index contributed by atoms with van der Waals surface area (Å²) in [6.07, 6.45) is 1.50. The van der Waals surface area contributed by atoms with Gasteiger partial charge in [-0.2, -0.15) is 0 Å². The highest BCUT2D eigenvalue weighted by atomic mass is 16.5. The Morgan fingerprint density at radius 3 is 2.34 bits per heavy atom. The summed E-state index contributed by atoms with van der Waals surface area (Å²) in [5, 5.41) is 11.7. The molecule has 0 spiro atoms. The minimum Gasteiger partial charge on any atom is -0.480 e. The van der Waals surface area contributed by atoms with Crippen molar-refractivity contribution in [2.75, 3.05) is 19.6 Å². The van der Waals surface area contributed by atoms with E-state index in [9.17, 15) is 24.3 Å². The number of likely N-dealkylation sites (tertiary alicyclic amines) is 2. The Hall–Kier alpha value is -3.10. The van der Waals surface area contributed by atoms with Crippen LogP contribution < -0.4 is 5.32 Å². The molecule has 2 aliphatic heterocycles. The van der Waals surface area contributed by atoms with E-state index in [1.54, 1.807) is 0 Å². The summed E-state index contributed by atoms with van der Waals surface area (Å²) in [4.78, 5) is 51.3. The number of nitrogens with one attached hydrogen (secondary N) is 1. The van der Waals surface area contributed by atoms with Crippen molar-refractivity contribution in [3.63, 3.8) is 0 Å². The molecule has 0 radical (unpaired) electrons. The first kappa shape index (κ1) is 20.6. The highest BCUT2D eigenvalue weighted by Crippen LogP contribution is 2.25. The minimum absolute atomic E-state index is 0.0945. The molecule has 1 aromatic carbocycles. The molecule has 3 rings (SSSR count). The van der Waals surface area contributed by atoms with Gasteiger partial charge in [0.1, 0.15) is 25.2 Å². The van der Waals surface area contributed by atoms with Crippen LogP contribution in [0.2, 0.25) is 0 Å². The quantitative estimate of drug-likeness (QED) is 0.731. The number of rotatable bonds is 6. The third-order valence-corrected chi connectivity index (χ3v) is 5.28. The Morgan fingerprint density at radius 2 is 1.66 bits per heavy atom. The number of ether oxygens (including phenoxy) is 1. The number of aliphatic carboxylic acids is 1. The van der Waals surface area contributed by atoms with Crippen molar-refractivity contribution in [1.29, 1.82) is 0 Å². The van der Waals surface area contributed by atoms with E-state index in [1.807, 2.05) is 30.3 Å². The summed E-state index contributed by atoms with van der Waals surface area (Å²) < 4.78 is 5.08. The average molecular weight is 403 g/mol. The lowest BCUT2D eigenvalue weighted by Crippen LogP contribution is -2.52. The first-order valence-corrected chi connectivity index (χ1v) is 9.74. The average Bonchev–Trinajstić information content (AvgIpc) is 3.40. The van der Waals surface area contributed by atoms with Crippen molar-refractivity contribution < 1.29 is 29.0 Å². The first-order valence-electron chi connectivity index (χ1n) is 9.74. The Kier molecular flexibility index (Phi) is 6.69. The van der Waals surface area contributed by atoms with Crippen LogP contribution in [0.4, 0.5) is 4.79 Å². The largest absolute Gasteiger partial charge is 0.480 e. The van der Waals surface area contributed by atoms with Crippen molar-refractivity contribution in [3.05, 3.63) is 35.9 Å². The van der Waals surface area contributed by atoms with Crippen LogP contribution in [-0.4, -0.2) is 70.5 Å². The molecule has 2 aliphatic rings. The molecule has 9 nitrogen and oxygen atoms in total. The first-order chi connectivity index (χ1) is 14.0. The number of amides is 3. The van der Waals surface area contributed by atoms with Gasteiger partial charge >= 0.3 is 12.1 Å². The summed E-state index contributed by atoms with van der Waals surface area (Å²) in [7, 11) is 0. The van der Waals surface area contributed by atoms with E-state index in [1.165, 1.54) is 9.80 Å². The number of hydrogen-bond acceptors (Lipinski definition) is 5. The zero-order valence-electron chi connectivity index (χ0n) is 16.1. The summed E-state index contributed by atoms with van der Waals surface area (Å²) in [6.45, 7) is 0.608. The number of hydrogen-bond donors (Lipinski definition) is 2. The van der Waals surface area contributed by atoms with Crippen molar-refractivity contribution in [1.82, 2.24) is 15.1 Å². The van der Waals surface area contributed by atoms with Gasteiger partial charge in [0.15, 0.2) is 0 Å². The molecule has 2 N–H and O–H groups in total. The van der Waals surface area contributed by atoms with Crippen LogP contribution in [0.15, 0.2) is 30.3 Å². The molecular weight excluding hydrogens is 378 g/mol. The van der Waals surface area contributed by atoms with E-state index in [0.717, 1.165) is 5.56 Å². The molecule has 0 saturated carbocycles. The van der Waals surface area contributed by atoms with E-state index in [2.05, 4.69) is 5.32 Å². The smallest absolute Gasteiger partial charge is 0.407 e. The molecule has 2 fully saturated rings. The fourth-order valence-corrected chi connectivity index (χ4v) is 3.82. The molecule has 2 atom stereocenters. The SMILES string of the molecule is O=C(NCC(=O)N1CCC[C@H]1C(=O)N1CCC[C@H]1C(=O)O)OCc1ccccc1. The van der Waals surface area contributed by atoms with Crippen LogP contribution in [0.25, 0.3) is 0 Å². The molecular formula is C20H25N3O6. The standard InChI is InChI=1S/C20H25N3O6/c24-17(12-21-20(28)29-13-14-6-2-1-3-7-14)22-10-4-8-15(22)18(25)23-11-5-9-16(23)19(26)27/h1-3,6-7,15-16H,4-5,8-13H2,(H,21,28)(H,26,27)/t15-,16-/m0/s1. The van der Waals surface area contributed by atoms with Crippen LogP contribution in [0.5, 0.6) is 0 Å². The topological polar surface area (TPSA) is 116 Å². The number of carboxylic acids is 1. The number of nitrogens with zero attached hydrogens (tertiary/aromatic N) is 2. The molecule has 1 aromatic rings. The summed E-state index contributed by atoms with van der Waals surface area (Å²) in [5.41, 5.74) is 0.831. The molecule has 29 heavy (non-hydrogen) atoms. The van der Waals surface area contributed by atoms with Crippen molar-refractivity contribution in [3.8, 4) is 0 Å². The van der Waals surface area contributed by atoms with Crippen molar-refractivity contribution >= 4 is 23.9 Å². The zero-order valence-corrected chi connectivity index (χ0v) is 16.1. The summed E-state index contributed by atoms with van der Waals surface area (Å²) >= 11 is 0. The van der Waals surface area contributed by atoms with Crippen molar-refractivity contribution in [2.24, 2.45) is 0 Å². The van der Waals surface area contributed by atoms with Crippen molar-refractivity contribution in [2.45, 2.75) is 44.4 Å². The predicted molar refractivity (Wildman–Crippen MR) is 102 cm³/mol. The maximum Gasteiger partial charge on any atom is 0.407 e. The molecule has 2 heterocycles. The van der Waals surface area contributed by atoms with Gasteiger partial charge in [-0.1, -0.05) is 30.3 Å². The molecule has 0 aliphatic carbocycles. The van der Waals surface area contributed by atoms with Gasteiger partial charge in [-0.05, 0) is 31.2 Å². The van der Waals surface area contributed by atoms with Gasteiger partial charge in [-0.15, -0.1) is 0 Å². The molecule has 0 unspecified atom stereocenters. The summed E-state index contributed by atoms with van der Waals surface area (Å²) in [5.74, 6) is -1.73. The van der Waals surface area contributed by atoms with Crippen LogP contribution in [-0.2, 0) is 25.7 Å². The van der Waals surface area contributed by atoms with E-state index >= 15 is 0 Å². The van der Waals surface area contributed by atoms with E-state index in [0.29, 0.717) is 38.8 Å². The molecule has 0 aromatic heterocycles. The van der Waals surface area contributed by atoms with E-state index in [4.69, 9.17) is 4.74 Å². The normalized spacial score (nSPS) is 21.1. The van der Waals surface area contributed by atoms with Gasteiger partial charge in [0.05, 0.1) is 0 Å². The molecule has 2 saturated heterocycles. The highest BCUT2D eigenvalue weighted by molar-refractivity contribution is 5.92. The van der Waals surface area contributed by atoms with Crippen LogP contribution >= 0.6 is 0 Å². The van der Waals surface area contributed by atoms with E-state index < -0.39 is 24.1 Å². The zero-order chi connectivity index (χ0) is 20.8. The fourth-order valence-electron chi connectivity index (χ4n) is 3.82. The van der Waals surface area contributed by atoms with Crippen LogP contribution in [0.1, 0.15) is 31.2 Å². The maximum atomic E-state index is 12.8. The van der Waals surface area contributed by atoms with Gasteiger partial charge in [0.2, 0.25) is 11.8 Å². The van der Waals surface area contributed by atoms with Gasteiger partial charge in [-0.3, -0.25) is 9.59 Å². The second kappa shape index (κ2) is 9.40. The molecule has 0 bridgehead atoms. The fraction of sp³-hybridized carbons (Fsp3) is 0.500. The van der Waals surface area contributed by atoms with Gasteiger partial charge in [0, 0.05) is 13.1 Å². The lowest BCUT2D eigenvalue weighted by atomic mass is 10.1. The molecule has 9 heteroatoms. The monoisotopic (exact) mass is 403 g/mol. The second-order valence-corrected chi connectivity index (χ2v) is 7.19. The number of alkyl carbamates (subject to hydrolysis) is 1. The van der Waals surface area contributed by atoms with Crippen LogP contribution in [0.3, 0.4) is 0 Å². The minimum atomic E-state index is -1.02. The van der Waals surface area contributed by atoms with E-state index in [-0.39, 0.29) is 25.0 Å². The third kappa shape index (κ3) is 5.04. The Balaban J connectivity index is 1.50. The molecule has 156 valence electrons. The number of benzene rings is 1. The molecule has 3 amide bonds. The van der Waals surface area contributed by atoms with Gasteiger partial charge in [-0.25, -0.2) is 9.59 Å². The van der Waals surface area contributed by atoms with Gasteiger partial charge in [0.25, 0.3) is 0 Å². The summed E-state index contributed by atoms with van der Waals surface area (Å²) in [6, 6.07) is 7.66. The maximum absolute atomic E-state index is 12.8. The lowest BCUT2D eigenvalue weighted by molar-refractivity contribution is -0.151. The second-order valence-electron chi connectivity index (χ2n) is 7.19. The number of carbonyl (C=O) groups is 4. The van der Waals surface area contributed by atoms with Crippen LogP contribution in [0, 0.1) is 0 Å². The van der Waals surface area contributed by atoms with Gasteiger partial charge < -0.3 is 25.0 Å². The third-order valence-electron chi connectivity index (χ3n) is 5.28. The highest BCUT2D eigenvalue weighted by Gasteiger charge is 2.41. The lowest BCUT2D eigenvalue weighted by Gasteiger charge is -2.30. The Morgan fingerprint density at radius 1 is 1.00 bits per heavy atom. The Bertz CT molecular complexity index is 769. The predicted octanol–water partition coefficient (Wildman–Crippen LogP) is 0.979. The number of carbonyl (C=O) groups excluding carboxylic acids is 3.